The van der Waals surface area contributed by atoms with E-state index in [-0.39, 0.29) is 10.8 Å². The predicted molar refractivity (Wildman–Crippen MR) is 71.9 cm³/mol. The second-order valence-corrected chi connectivity index (χ2v) is 4.45. The highest BCUT2D eigenvalue weighted by atomic mass is 35.5. The summed E-state index contributed by atoms with van der Waals surface area (Å²) in [7, 11) is 0. The highest BCUT2D eigenvalue weighted by molar-refractivity contribution is 6.33. The maximum Gasteiger partial charge on any atom is 0.417 e. The summed E-state index contributed by atoms with van der Waals surface area (Å²) in [5.74, 6) is 0.153. The molecule has 2 rings (SSSR count). The number of hydrogen-bond donors (Lipinski definition) is 2. The molecule has 0 radical (unpaired) electrons. The number of hydrogen-bond acceptors (Lipinski definition) is 3. The minimum absolute atomic E-state index is 0.105. The van der Waals surface area contributed by atoms with E-state index in [0.717, 1.165) is 17.8 Å². The van der Waals surface area contributed by atoms with Gasteiger partial charge in [0.2, 0.25) is 0 Å². The average Bonchev–Trinajstić information content (AvgIpc) is 2.40. The largest absolute Gasteiger partial charge is 0.417 e. The molecule has 0 aliphatic heterocycles. The number of nitrogens with one attached hydrogen (secondary N) is 1. The van der Waals surface area contributed by atoms with Crippen LogP contribution in [0.2, 0.25) is 5.02 Å². The number of rotatable bonds is 3. The molecule has 3 nitrogen and oxygen atoms in total. The number of halogens is 4. The number of pyridine rings is 1. The number of para-hydroxylation sites is 1. The summed E-state index contributed by atoms with van der Waals surface area (Å²) in [5, 5.41) is 2.78. The number of aromatic nitrogens is 1. The molecule has 3 N–H and O–H groups in total. The molecule has 2 aromatic rings. The number of nitrogens with zero attached hydrogens (tertiary/aromatic N) is 1. The molecule has 0 spiro atoms. The van der Waals surface area contributed by atoms with Crippen LogP contribution in [0, 0.1) is 0 Å². The molecule has 1 heterocycles. The molecule has 7 heteroatoms. The number of anilines is 2. The van der Waals surface area contributed by atoms with Gasteiger partial charge in [0.1, 0.15) is 5.82 Å². The minimum Gasteiger partial charge on any atom is -0.339 e. The fourth-order valence-electron chi connectivity index (χ4n) is 1.63. The quantitative estimate of drug-likeness (QED) is 0.902. The first-order valence-corrected chi connectivity index (χ1v) is 6.07. The van der Waals surface area contributed by atoms with Gasteiger partial charge in [0.15, 0.2) is 0 Å². The molecular weight excluding hydrogens is 291 g/mol. The van der Waals surface area contributed by atoms with E-state index in [9.17, 15) is 13.2 Å². The van der Waals surface area contributed by atoms with E-state index in [0.29, 0.717) is 12.2 Å². The van der Waals surface area contributed by atoms with E-state index in [4.69, 9.17) is 17.3 Å². The summed E-state index contributed by atoms with van der Waals surface area (Å²) >= 11 is 5.82. The third kappa shape index (κ3) is 3.20. The lowest BCUT2D eigenvalue weighted by atomic mass is 10.2. The van der Waals surface area contributed by atoms with Crippen LogP contribution < -0.4 is 11.1 Å². The van der Waals surface area contributed by atoms with Crippen LogP contribution in [0.25, 0.3) is 0 Å². The van der Waals surface area contributed by atoms with Gasteiger partial charge >= 0.3 is 6.18 Å². The molecule has 0 saturated carbocycles. The van der Waals surface area contributed by atoms with Crippen molar-refractivity contribution in [1.82, 2.24) is 4.98 Å². The van der Waals surface area contributed by atoms with Crippen LogP contribution in [0.4, 0.5) is 24.7 Å². The summed E-state index contributed by atoms with van der Waals surface area (Å²) in [6.45, 7) is 0.293. The molecular formula is C13H11ClF3N3. The van der Waals surface area contributed by atoms with Gasteiger partial charge in [-0.25, -0.2) is 4.98 Å². The highest BCUT2D eigenvalue weighted by Crippen LogP contribution is 2.33. The van der Waals surface area contributed by atoms with E-state index in [1.165, 1.54) is 0 Å². The van der Waals surface area contributed by atoms with Gasteiger partial charge in [-0.2, -0.15) is 13.2 Å². The van der Waals surface area contributed by atoms with Crippen LogP contribution in [-0.2, 0) is 12.7 Å². The molecule has 0 unspecified atom stereocenters. The summed E-state index contributed by atoms with van der Waals surface area (Å²) in [6, 6.07) is 7.98. The van der Waals surface area contributed by atoms with E-state index in [1.54, 1.807) is 18.2 Å². The van der Waals surface area contributed by atoms with Crippen LogP contribution in [0.1, 0.15) is 11.1 Å². The van der Waals surface area contributed by atoms with Crippen LogP contribution in [0.5, 0.6) is 0 Å². The summed E-state index contributed by atoms with van der Waals surface area (Å²) in [5.41, 5.74) is 6.16. The van der Waals surface area contributed by atoms with E-state index in [1.807, 2.05) is 6.07 Å². The van der Waals surface area contributed by atoms with Gasteiger partial charge in [-0.1, -0.05) is 29.8 Å². The first kappa shape index (κ1) is 14.6. The monoisotopic (exact) mass is 301 g/mol. The lowest BCUT2D eigenvalue weighted by molar-refractivity contribution is -0.137. The lowest BCUT2D eigenvalue weighted by Gasteiger charge is -2.13. The summed E-state index contributed by atoms with van der Waals surface area (Å²) in [6.07, 6.45) is -3.73. The predicted octanol–water partition coefficient (Wildman–Crippen LogP) is 3.96. The zero-order chi connectivity index (χ0) is 14.8. The number of nitrogens with two attached hydrogens (primary N) is 1. The highest BCUT2D eigenvalue weighted by Gasteiger charge is 2.31. The Labute approximate surface area is 118 Å². The summed E-state index contributed by atoms with van der Waals surface area (Å²) in [4.78, 5) is 3.71. The van der Waals surface area contributed by atoms with Gasteiger partial charge < -0.3 is 11.1 Å². The Morgan fingerprint density at radius 2 is 1.95 bits per heavy atom. The molecule has 0 fully saturated rings. The molecule has 106 valence electrons. The van der Waals surface area contributed by atoms with Crippen molar-refractivity contribution in [2.24, 2.45) is 5.73 Å². The number of alkyl halides is 3. The van der Waals surface area contributed by atoms with Crippen molar-refractivity contribution in [1.29, 1.82) is 0 Å². The molecule has 1 aromatic heterocycles. The summed E-state index contributed by atoms with van der Waals surface area (Å²) < 4.78 is 37.5. The molecule has 20 heavy (non-hydrogen) atoms. The van der Waals surface area contributed by atoms with Gasteiger partial charge in [0.25, 0.3) is 0 Å². The number of benzene rings is 1. The van der Waals surface area contributed by atoms with E-state index >= 15 is 0 Å². The fraction of sp³-hybridized carbons (Fsp3) is 0.154. The van der Waals surface area contributed by atoms with E-state index in [2.05, 4.69) is 10.3 Å². The van der Waals surface area contributed by atoms with Gasteiger partial charge in [-0.3, -0.25) is 0 Å². The smallest absolute Gasteiger partial charge is 0.339 e. The van der Waals surface area contributed by atoms with Gasteiger partial charge in [0, 0.05) is 18.4 Å². The van der Waals surface area contributed by atoms with Crippen LogP contribution in [0.3, 0.4) is 0 Å². The first-order valence-electron chi connectivity index (χ1n) is 5.69. The minimum atomic E-state index is -4.47. The Morgan fingerprint density at radius 1 is 1.25 bits per heavy atom. The first-order chi connectivity index (χ1) is 9.41. The van der Waals surface area contributed by atoms with Crippen molar-refractivity contribution in [2.75, 3.05) is 5.32 Å². The zero-order valence-corrected chi connectivity index (χ0v) is 11.0. The molecule has 0 bridgehead atoms. The fourth-order valence-corrected chi connectivity index (χ4v) is 1.85. The maximum atomic E-state index is 12.5. The van der Waals surface area contributed by atoms with Crippen molar-refractivity contribution in [3.05, 3.63) is 52.7 Å². The molecule has 0 saturated heterocycles. The molecule has 0 amide bonds. The Kier molecular flexibility index (Phi) is 4.15. The SMILES string of the molecule is NCc1ccccc1Nc1ncc(C(F)(F)F)cc1Cl. The molecule has 0 atom stereocenters. The van der Waals surface area contributed by atoms with Gasteiger partial charge in [-0.05, 0) is 17.7 Å². The standard InChI is InChI=1S/C13H11ClF3N3/c14-10-5-9(13(15,16)17)7-19-12(10)20-11-4-2-1-3-8(11)6-18/h1-5,7H,6,18H2,(H,19,20). The topological polar surface area (TPSA) is 50.9 Å². The Balaban J connectivity index is 2.31. The van der Waals surface area contributed by atoms with Crippen LogP contribution >= 0.6 is 11.6 Å². The van der Waals surface area contributed by atoms with Crippen molar-refractivity contribution < 1.29 is 13.2 Å². The van der Waals surface area contributed by atoms with E-state index < -0.39 is 11.7 Å². The van der Waals surface area contributed by atoms with Crippen molar-refractivity contribution >= 4 is 23.1 Å². The van der Waals surface area contributed by atoms with Crippen LogP contribution in [0.15, 0.2) is 36.5 Å². The molecule has 0 aliphatic rings. The Bertz CT molecular complexity index is 614. The Morgan fingerprint density at radius 3 is 2.55 bits per heavy atom. The van der Waals surface area contributed by atoms with Gasteiger partial charge in [0.05, 0.1) is 10.6 Å². The maximum absolute atomic E-state index is 12.5. The average molecular weight is 302 g/mol. The van der Waals surface area contributed by atoms with Crippen molar-refractivity contribution in [3.63, 3.8) is 0 Å². The second-order valence-electron chi connectivity index (χ2n) is 4.04. The van der Waals surface area contributed by atoms with Gasteiger partial charge in [-0.15, -0.1) is 0 Å². The normalized spacial score (nSPS) is 11.4. The lowest BCUT2D eigenvalue weighted by Crippen LogP contribution is -2.07. The van der Waals surface area contributed by atoms with Crippen molar-refractivity contribution in [2.45, 2.75) is 12.7 Å². The third-order valence-corrected chi connectivity index (χ3v) is 2.95. The van der Waals surface area contributed by atoms with Crippen molar-refractivity contribution in [3.8, 4) is 0 Å². The molecule has 0 aliphatic carbocycles. The molecule has 1 aromatic carbocycles. The zero-order valence-electron chi connectivity index (χ0n) is 10.2. The second kappa shape index (κ2) is 5.68. The Hall–Kier alpha value is -1.79. The van der Waals surface area contributed by atoms with Crippen LogP contribution in [-0.4, -0.2) is 4.98 Å². The third-order valence-electron chi connectivity index (χ3n) is 2.66.